The van der Waals surface area contributed by atoms with Crippen LogP contribution in [0.1, 0.15) is 24.4 Å². The second kappa shape index (κ2) is 5.71. The predicted octanol–water partition coefficient (Wildman–Crippen LogP) is 4.09. The highest BCUT2D eigenvalue weighted by atomic mass is 35.5. The lowest BCUT2D eigenvalue weighted by molar-refractivity contribution is 0.414. The summed E-state index contributed by atoms with van der Waals surface area (Å²) >= 11 is 6.29. The third-order valence-corrected chi connectivity index (χ3v) is 4.08. The minimum atomic E-state index is 0.352. The highest BCUT2D eigenvalue weighted by molar-refractivity contribution is 6.33. The van der Waals surface area contributed by atoms with E-state index in [9.17, 15) is 0 Å². The largest absolute Gasteiger partial charge is 0.497 e. The van der Waals surface area contributed by atoms with Crippen molar-refractivity contribution in [2.75, 3.05) is 18.6 Å². The van der Waals surface area contributed by atoms with Crippen molar-refractivity contribution in [1.82, 2.24) is 4.98 Å². The van der Waals surface area contributed by atoms with Crippen LogP contribution in [-0.2, 0) is 0 Å². The van der Waals surface area contributed by atoms with Crippen molar-refractivity contribution in [2.24, 2.45) is 0 Å². The lowest BCUT2D eigenvalue weighted by Crippen LogP contribution is -2.22. The first kappa shape index (κ1) is 13.3. The van der Waals surface area contributed by atoms with E-state index in [0.717, 1.165) is 24.4 Å². The summed E-state index contributed by atoms with van der Waals surface area (Å²) in [6, 6.07) is 10.6. The van der Waals surface area contributed by atoms with Gasteiger partial charge < -0.3 is 9.64 Å². The van der Waals surface area contributed by atoms with Gasteiger partial charge in [0.1, 0.15) is 5.75 Å². The minimum Gasteiger partial charge on any atom is -0.497 e. The van der Waals surface area contributed by atoms with Gasteiger partial charge in [-0.15, -0.1) is 0 Å². The number of hydrogen-bond acceptors (Lipinski definition) is 3. The van der Waals surface area contributed by atoms with Crippen molar-refractivity contribution in [2.45, 2.75) is 18.9 Å². The Bertz CT molecular complexity index is 603. The molecule has 2 heterocycles. The van der Waals surface area contributed by atoms with Crippen molar-refractivity contribution < 1.29 is 4.74 Å². The van der Waals surface area contributed by atoms with E-state index in [1.807, 2.05) is 18.2 Å². The van der Waals surface area contributed by atoms with Gasteiger partial charge in [-0.3, -0.25) is 4.98 Å². The molecule has 0 radical (unpaired) electrons. The van der Waals surface area contributed by atoms with Crippen molar-refractivity contribution >= 4 is 17.3 Å². The maximum Gasteiger partial charge on any atom is 0.119 e. The van der Waals surface area contributed by atoms with Crippen LogP contribution in [0.2, 0.25) is 5.02 Å². The van der Waals surface area contributed by atoms with Crippen molar-refractivity contribution in [3.05, 3.63) is 53.3 Å². The van der Waals surface area contributed by atoms with Gasteiger partial charge in [0, 0.05) is 18.9 Å². The molecule has 1 aromatic heterocycles. The standard InChI is InChI=1S/C16H17ClN2O/c1-20-13-5-2-4-12(10-13)15-6-3-9-19(15)16-7-8-18-11-14(16)17/h2,4-5,7-8,10-11,15H,3,6,9H2,1H3. The van der Waals surface area contributed by atoms with E-state index in [2.05, 4.69) is 22.0 Å². The first-order chi connectivity index (χ1) is 9.79. The summed E-state index contributed by atoms with van der Waals surface area (Å²) in [5, 5.41) is 0.710. The van der Waals surface area contributed by atoms with Gasteiger partial charge in [0.2, 0.25) is 0 Å². The molecular formula is C16H17ClN2O. The number of nitrogens with zero attached hydrogens (tertiary/aromatic N) is 2. The second-order valence-electron chi connectivity index (χ2n) is 4.96. The molecule has 104 valence electrons. The van der Waals surface area contributed by atoms with E-state index in [1.54, 1.807) is 19.5 Å². The summed E-state index contributed by atoms with van der Waals surface area (Å²) in [6.45, 7) is 1.02. The number of methoxy groups -OCH3 is 1. The highest BCUT2D eigenvalue weighted by Crippen LogP contribution is 2.39. The Morgan fingerprint density at radius 3 is 3.05 bits per heavy atom. The molecule has 20 heavy (non-hydrogen) atoms. The molecule has 0 bridgehead atoms. The molecule has 3 rings (SSSR count). The normalized spacial score (nSPS) is 18.3. The molecule has 3 nitrogen and oxygen atoms in total. The van der Waals surface area contributed by atoms with E-state index >= 15 is 0 Å². The number of aromatic nitrogens is 1. The number of benzene rings is 1. The van der Waals surface area contributed by atoms with Crippen LogP contribution < -0.4 is 9.64 Å². The van der Waals surface area contributed by atoms with Gasteiger partial charge in [-0.25, -0.2) is 0 Å². The van der Waals surface area contributed by atoms with Crippen LogP contribution in [0.3, 0.4) is 0 Å². The maximum absolute atomic E-state index is 6.29. The number of ether oxygens (including phenoxy) is 1. The van der Waals surface area contributed by atoms with Gasteiger partial charge in [0.15, 0.2) is 0 Å². The molecule has 1 aliphatic rings. The van der Waals surface area contributed by atoms with Crippen molar-refractivity contribution in [3.8, 4) is 5.75 Å². The number of pyridine rings is 1. The van der Waals surface area contributed by atoms with Crippen LogP contribution in [0, 0.1) is 0 Å². The predicted molar refractivity (Wildman–Crippen MR) is 81.6 cm³/mol. The van der Waals surface area contributed by atoms with E-state index < -0.39 is 0 Å². The molecule has 1 saturated heterocycles. The zero-order valence-corrected chi connectivity index (χ0v) is 12.2. The lowest BCUT2D eigenvalue weighted by Gasteiger charge is -2.28. The molecule has 1 atom stereocenters. The van der Waals surface area contributed by atoms with Crippen LogP contribution in [0.5, 0.6) is 5.75 Å². The fourth-order valence-electron chi connectivity index (χ4n) is 2.85. The summed E-state index contributed by atoms with van der Waals surface area (Å²) in [5.41, 5.74) is 2.33. The topological polar surface area (TPSA) is 25.4 Å². The molecule has 0 amide bonds. The third-order valence-electron chi connectivity index (χ3n) is 3.79. The Labute approximate surface area is 124 Å². The Kier molecular flexibility index (Phi) is 3.79. The van der Waals surface area contributed by atoms with Gasteiger partial charge in [-0.05, 0) is 36.6 Å². The third kappa shape index (κ3) is 2.46. The average molecular weight is 289 g/mol. The van der Waals surface area contributed by atoms with E-state index in [-0.39, 0.29) is 0 Å². The summed E-state index contributed by atoms with van der Waals surface area (Å²) in [5.74, 6) is 0.898. The van der Waals surface area contributed by atoms with Crippen LogP contribution in [-0.4, -0.2) is 18.6 Å². The Hall–Kier alpha value is -1.74. The fourth-order valence-corrected chi connectivity index (χ4v) is 3.08. The van der Waals surface area contributed by atoms with E-state index in [4.69, 9.17) is 16.3 Å². The SMILES string of the molecule is COc1cccc(C2CCCN2c2ccncc2Cl)c1. The van der Waals surface area contributed by atoms with E-state index in [1.165, 1.54) is 12.0 Å². The molecule has 0 aliphatic carbocycles. The van der Waals surface area contributed by atoms with Gasteiger partial charge in [-0.1, -0.05) is 23.7 Å². The average Bonchev–Trinajstić information content (AvgIpc) is 2.97. The number of hydrogen-bond donors (Lipinski definition) is 0. The summed E-state index contributed by atoms with van der Waals surface area (Å²) < 4.78 is 5.32. The Balaban J connectivity index is 1.94. The highest BCUT2D eigenvalue weighted by Gasteiger charge is 2.27. The van der Waals surface area contributed by atoms with Gasteiger partial charge >= 0.3 is 0 Å². The first-order valence-corrected chi connectivity index (χ1v) is 7.17. The van der Waals surface area contributed by atoms with Crippen LogP contribution in [0.15, 0.2) is 42.7 Å². The zero-order chi connectivity index (χ0) is 13.9. The fraction of sp³-hybridized carbons (Fsp3) is 0.312. The number of anilines is 1. The lowest BCUT2D eigenvalue weighted by atomic mass is 10.0. The molecule has 0 N–H and O–H groups in total. The molecule has 1 fully saturated rings. The zero-order valence-electron chi connectivity index (χ0n) is 11.4. The van der Waals surface area contributed by atoms with E-state index in [0.29, 0.717) is 11.1 Å². The number of halogens is 1. The molecule has 1 aromatic carbocycles. The van der Waals surface area contributed by atoms with Gasteiger partial charge in [0.25, 0.3) is 0 Å². The van der Waals surface area contributed by atoms with Crippen molar-refractivity contribution in [3.63, 3.8) is 0 Å². The summed E-state index contributed by atoms with van der Waals surface area (Å²) in [7, 11) is 1.70. The van der Waals surface area contributed by atoms with Crippen LogP contribution >= 0.6 is 11.6 Å². The molecule has 0 spiro atoms. The van der Waals surface area contributed by atoms with Gasteiger partial charge in [-0.2, -0.15) is 0 Å². The Morgan fingerprint density at radius 1 is 1.35 bits per heavy atom. The molecule has 0 saturated carbocycles. The number of rotatable bonds is 3. The smallest absolute Gasteiger partial charge is 0.119 e. The van der Waals surface area contributed by atoms with Gasteiger partial charge in [0.05, 0.1) is 23.9 Å². The second-order valence-corrected chi connectivity index (χ2v) is 5.36. The molecule has 1 unspecified atom stereocenters. The summed E-state index contributed by atoms with van der Waals surface area (Å²) in [6.07, 6.45) is 5.80. The quantitative estimate of drug-likeness (QED) is 0.851. The Morgan fingerprint density at radius 2 is 2.25 bits per heavy atom. The first-order valence-electron chi connectivity index (χ1n) is 6.79. The van der Waals surface area contributed by atoms with Crippen molar-refractivity contribution in [1.29, 1.82) is 0 Å². The molecule has 2 aromatic rings. The summed E-state index contributed by atoms with van der Waals surface area (Å²) in [4.78, 5) is 6.42. The molecule has 4 heteroatoms. The monoisotopic (exact) mass is 288 g/mol. The molecule has 1 aliphatic heterocycles. The molecular weight excluding hydrogens is 272 g/mol. The van der Waals surface area contributed by atoms with Crippen LogP contribution in [0.25, 0.3) is 0 Å². The maximum atomic E-state index is 6.29. The minimum absolute atomic E-state index is 0.352. The van der Waals surface area contributed by atoms with Crippen LogP contribution in [0.4, 0.5) is 5.69 Å².